The summed E-state index contributed by atoms with van der Waals surface area (Å²) < 4.78 is 22.1. The van der Waals surface area contributed by atoms with Crippen molar-refractivity contribution in [1.29, 1.82) is 0 Å². The van der Waals surface area contributed by atoms with Gasteiger partial charge in [-0.25, -0.2) is 4.99 Å². The molecule has 168 valence electrons. The molecule has 0 aliphatic carbocycles. The first-order valence-corrected chi connectivity index (χ1v) is 10.8. The van der Waals surface area contributed by atoms with Gasteiger partial charge >= 0.3 is 0 Å². The predicted molar refractivity (Wildman–Crippen MR) is 123 cm³/mol. The minimum absolute atomic E-state index is 0.589. The number of hydrogen-bond acceptors (Lipinski definition) is 5. The Bertz CT molecular complexity index is 841. The van der Waals surface area contributed by atoms with Crippen LogP contribution in [0, 0.1) is 6.92 Å². The molecule has 3 rings (SSSR count). The maximum atomic E-state index is 5.81. The number of aliphatic imine (C=N–C) groups is 1. The normalized spacial score (nSPS) is 13.5. The van der Waals surface area contributed by atoms with Gasteiger partial charge in [0.15, 0.2) is 17.5 Å². The number of anilines is 1. The van der Waals surface area contributed by atoms with Crippen LogP contribution < -0.4 is 20.1 Å². The van der Waals surface area contributed by atoms with E-state index in [0.717, 1.165) is 36.6 Å². The molecule has 0 aromatic heterocycles. The van der Waals surface area contributed by atoms with E-state index < -0.39 is 0 Å². The van der Waals surface area contributed by atoms with Gasteiger partial charge in [-0.1, -0.05) is 29.8 Å². The first-order valence-electron chi connectivity index (χ1n) is 10.8. The maximum absolute atomic E-state index is 5.81. The lowest BCUT2D eigenvalue weighted by atomic mass is 10.1. The molecule has 0 amide bonds. The van der Waals surface area contributed by atoms with Crippen LogP contribution in [-0.4, -0.2) is 52.6 Å². The number of rotatable bonds is 10. The maximum Gasteiger partial charge on any atom is 0.196 e. The van der Waals surface area contributed by atoms with Crippen molar-refractivity contribution in [3.63, 3.8) is 0 Å². The Balaban J connectivity index is 1.62. The SMILES string of the molecule is COCCOCCCNC(=NCc1cccc(C)c1)Nc1ccc2c(c1)OCCCO2. The summed E-state index contributed by atoms with van der Waals surface area (Å²) in [6.45, 7) is 6.66. The van der Waals surface area contributed by atoms with Crippen molar-refractivity contribution in [1.82, 2.24) is 5.32 Å². The number of guanidine groups is 1. The molecule has 7 heteroatoms. The van der Waals surface area contributed by atoms with Gasteiger partial charge in [0, 0.05) is 38.4 Å². The van der Waals surface area contributed by atoms with Crippen LogP contribution in [0.4, 0.5) is 5.69 Å². The zero-order valence-corrected chi connectivity index (χ0v) is 18.5. The van der Waals surface area contributed by atoms with E-state index >= 15 is 0 Å². The number of ether oxygens (including phenoxy) is 4. The van der Waals surface area contributed by atoms with Gasteiger partial charge in [0.1, 0.15) is 0 Å². The van der Waals surface area contributed by atoms with Crippen molar-refractivity contribution in [3.8, 4) is 11.5 Å². The first kappa shape index (κ1) is 22.9. The highest BCUT2D eigenvalue weighted by Gasteiger charge is 2.11. The molecule has 2 aromatic rings. The molecule has 0 bridgehead atoms. The second kappa shape index (κ2) is 12.8. The van der Waals surface area contributed by atoms with Crippen molar-refractivity contribution in [2.45, 2.75) is 26.3 Å². The average molecular weight is 428 g/mol. The fraction of sp³-hybridized carbons (Fsp3) is 0.458. The smallest absolute Gasteiger partial charge is 0.196 e. The summed E-state index contributed by atoms with van der Waals surface area (Å²) in [4.78, 5) is 4.77. The van der Waals surface area contributed by atoms with Crippen molar-refractivity contribution in [2.75, 3.05) is 52.0 Å². The second-order valence-electron chi connectivity index (χ2n) is 7.38. The zero-order chi connectivity index (χ0) is 21.7. The first-order chi connectivity index (χ1) is 15.2. The van der Waals surface area contributed by atoms with E-state index in [1.807, 2.05) is 18.2 Å². The molecule has 1 aliphatic heterocycles. The molecule has 0 saturated heterocycles. The van der Waals surface area contributed by atoms with Crippen LogP contribution in [0.2, 0.25) is 0 Å². The predicted octanol–water partition coefficient (Wildman–Crippen LogP) is 3.77. The molecule has 1 heterocycles. The highest BCUT2D eigenvalue weighted by molar-refractivity contribution is 5.93. The van der Waals surface area contributed by atoms with E-state index in [1.165, 1.54) is 11.1 Å². The number of hydrogen-bond donors (Lipinski definition) is 2. The Morgan fingerprint density at radius 2 is 1.90 bits per heavy atom. The van der Waals surface area contributed by atoms with Crippen molar-refractivity contribution < 1.29 is 18.9 Å². The average Bonchev–Trinajstić information content (AvgIpc) is 3.02. The van der Waals surface area contributed by atoms with Crippen LogP contribution in [0.1, 0.15) is 24.0 Å². The summed E-state index contributed by atoms with van der Waals surface area (Å²) in [6.07, 6.45) is 1.75. The second-order valence-corrected chi connectivity index (χ2v) is 7.38. The molecule has 0 spiro atoms. The molecule has 0 unspecified atom stereocenters. The topological polar surface area (TPSA) is 73.3 Å². The van der Waals surface area contributed by atoms with Gasteiger partial charge in [-0.15, -0.1) is 0 Å². The van der Waals surface area contributed by atoms with Gasteiger partial charge in [0.25, 0.3) is 0 Å². The standard InChI is InChI=1S/C24H33N3O4/c1-19-6-3-7-20(16-19)18-26-24(25-10-4-11-29-15-14-28-2)27-21-8-9-22-23(17-21)31-13-5-12-30-22/h3,6-9,16-17H,4-5,10-15,18H2,1-2H3,(H2,25,26,27). The van der Waals surface area contributed by atoms with Gasteiger partial charge in [0.2, 0.25) is 0 Å². The molecule has 0 radical (unpaired) electrons. The number of fused-ring (bicyclic) bond motifs is 1. The Morgan fingerprint density at radius 3 is 2.74 bits per heavy atom. The summed E-state index contributed by atoms with van der Waals surface area (Å²) in [5.41, 5.74) is 3.30. The van der Waals surface area contributed by atoms with Gasteiger partial charge in [-0.05, 0) is 31.0 Å². The highest BCUT2D eigenvalue weighted by atomic mass is 16.5. The molecule has 2 N–H and O–H groups in total. The highest BCUT2D eigenvalue weighted by Crippen LogP contribution is 2.32. The van der Waals surface area contributed by atoms with Crippen LogP contribution in [0.5, 0.6) is 11.5 Å². The monoisotopic (exact) mass is 427 g/mol. The number of nitrogens with one attached hydrogen (secondary N) is 2. The number of nitrogens with zero attached hydrogens (tertiary/aromatic N) is 1. The van der Waals surface area contributed by atoms with E-state index in [-0.39, 0.29) is 0 Å². The Labute approximate surface area is 184 Å². The third kappa shape index (κ3) is 8.11. The number of benzene rings is 2. The third-order valence-corrected chi connectivity index (χ3v) is 4.70. The molecule has 0 saturated carbocycles. The fourth-order valence-electron chi connectivity index (χ4n) is 3.12. The lowest BCUT2D eigenvalue weighted by Crippen LogP contribution is -2.32. The van der Waals surface area contributed by atoms with E-state index in [0.29, 0.717) is 45.5 Å². The summed E-state index contributed by atoms with van der Waals surface area (Å²) in [7, 11) is 1.67. The van der Waals surface area contributed by atoms with Crippen LogP contribution in [0.3, 0.4) is 0 Å². The molecule has 2 aromatic carbocycles. The lowest BCUT2D eigenvalue weighted by molar-refractivity contribution is 0.0699. The zero-order valence-electron chi connectivity index (χ0n) is 18.5. The van der Waals surface area contributed by atoms with Gasteiger partial charge in [-0.2, -0.15) is 0 Å². The van der Waals surface area contributed by atoms with Crippen LogP contribution >= 0.6 is 0 Å². The van der Waals surface area contributed by atoms with Gasteiger partial charge in [-0.3, -0.25) is 0 Å². The van der Waals surface area contributed by atoms with Crippen molar-refractivity contribution in [3.05, 3.63) is 53.6 Å². The lowest BCUT2D eigenvalue weighted by Gasteiger charge is -2.15. The molecule has 0 atom stereocenters. The number of aryl methyl sites for hydroxylation is 1. The van der Waals surface area contributed by atoms with Crippen molar-refractivity contribution >= 4 is 11.6 Å². The minimum atomic E-state index is 0.589. The quantitative estimate of drug-likeness (QED) is 0.342. The summed E-state index contributed by atoms with van der Waals surface area (Å²) in [6, 6.07) is 14.3. The third-order valence-electron chi connectivity index (χ3n) is 4.70. The van der Waals surface area contributed by atoms with Crippen LogP contribution in [0.15, 0.2) is 47.5 Å². The molecular weight excluding hydrogens is 394 g/mol. The minimum Gasteiger partial charge on any atom is -0.490 e. The molecule has 7 nitrogen and oxygen atoms in total. The van der Waals surface area contributed by atoms with E-state index in [1.54, 1.807) is 7.11 Å². The van der Waals surface area contributed by atoms with E-state index in [4.69, 9.17) is 23.9 Å². The van der Waals surface area contributed by atoms with Gasteiger partial charge < -0.3 is 29.6 Å². The Morgan fingerprint density at radius 1 is 1.03 bits per heavy atom. The summed E-state index contributed by atoms with van der Waals surface area (Å²) in [5.74, 6) is 2.25. The summed E-state index contributed by atoms with van der Waals surface area (Å²) >= 11 is 0. The Hall–Kier alpha value is -2.77. The van der Waals surface area contributed by atoms with Crippen LogP contribution in [0.25, 0.3) is 0 Å². The fourth-order valence-corrected chi connectivity index (χ4v) is 3.12. The summed E-state index contributed by atoms with van der Waals surface area (Å²) in [5, 5.41) is 6.78. The largest absolute Gasteiger partial charge is 0.490 e. The van der Waals surface area contributed by atoms with Crippen molar-refractivity contribution in [2.24, 2.45) is 4.99 Å². The van der Waals surface area contributed by atoms with E-state index in [2.05, 4.69) is 41.8 Å². The Kier molecular flexibility index (Phi) is 9.47. The number of methoxy groups -OCH3 is 1. The molecule has 0 fully saturated rings. The molecule has 1 aliphatic rings. The molecular formula is C24H33N3O4. The molecule has 31 heavy (non-hydrogen) atoms. The van der Waals surface area contributed by atoms with E-state index in [9.17, 15) is 0 Å². The van der Waals surface area contributed by atoms with Gasteiger partial charge in [0.05, 0.1) is 33.0 Å². The van der Waals surface area contributed by atoms with Crippen LogP contribution in [-0.2, 0) is 16.0 Å².